The van der Waals surface area contributed by atoms with E-state index in [1.54, 1.807) is 24.1 Å². The summed E-state index contributed by atoms with van der Waals surface area (Å²) in [4.78, 5) is 19.9. The van der Waals surface area contributed by atoms with Crippen LogP contribution in [0.1, 0.15) is 34.5 Å². The lowest BCUT2D eigenvalue weighted by Gasteiger charge is -2.30. The Kier molecular flexibility index (Phi) is 6.31. The van der Waals surface area contributed by atoms with Gasteiger partial charge in [-0.15, -0.1) is 0 Å². The lowest BCUT2D eigenvalue weighted by molar-refractivity contribution is 0.0709. The Balaban J connectivity index is 1.46. The number of fused-ring (bicyclic) bond motifs is 2. The second kappa shape index (κ2) is 9.81. The van der Waals surface area contributed by atoms with E-state index in [1.807, 2.05) is 52.4 Å². The number of hydrogen-bond donors (Lipinski definition) is 1. The summed E-state index contributed by atoms with van der Waals surface area (Å²) < 4.78 is 37.8. The highest BCUT2D eigenvalue weighted by molar-refractivity contribution is 5.95. The van der Waals surface area contributed by atoms with E-state index in [0.717, 1.165) is 24.1 Å². The summed E-state index contributed by atoms with van der Waals surface area (Å²) in [5.41, 5.74) is 11.0. The maximum absolute atomic E-state index is 14.4. The molecule has 0 radical (unpaired) electrons. The standard InChI is InChI=1S/C30H29F2N5O2/c1-18-29(34-28-14-20(8-10-36(18)28)30(38)35-9-4-6-22(33)17-35)27-13-21-12-24(31)25(32)15-26(21)37(27)16-19-5-3-7-23(11-19)39-2/h3,5,7-8,10-15,22H,4,6,9,16-17,33H2,1-2H3. The number of piperidine rings is 1. The van der Waals surface area contributed by atoms with Gasteiger partial charge in [0.05, 0.1) is 18.3 Å². The molecule has 1 amide bonds. The van der Waals surface area contributed by atoms with Gasteiger partial charge in [-0.05, 0) is 61.7 Å². The van der Waals surface area contributed by atoms with E-state index >= 15 is 0 Å². The molecule has 1 unspecified atom stereocenters. The Morgan fingerprint density at radius 3 is 2.74 bits per heavy atom. The molecule has 1 aliphatic rings. The van der Waals surface area contributed by atoms with Crippen LogP contribution in [0.2, 0.25) is 0 Å². The highest BCUT2D eigenvalue weighted by atomic mass is 19.2. The van der Waals surface area contributed by atoms with Gasteiger partial charge in [0.15, 0.2) is 11.6 Å². The maximum atomic E-state index is 14.4. The minimum Gasteiger partial charge on any atom is -0.497 e. The highest BCUT2D eigenvalue weighted by Crippen LogP contribution is 2.33. The molecule has 2 aromatic carbocycles. The Labute approximate surface area is 224 Å². The quantitative estimate of drug-likeness (QED) is 0.341. The molecule has 200 valence electrons. The molecule has 6 rings (SSSR count). The molecule has 0 aliphatic carbocycles. The van der Waals surface area contributed by atoms with Crippen LogP contribution in [0.3, 0.4) is 0 Å². The third kappa shape index (κ3) is 4.52. The molecule has 39 heavy (non-hydrogen) atoms. The number of nitrogens with zero attached hydrogens (tertiary/aromatic N) is 4. The summed E-state index contributed by atoms with van der Waals surface area (Å²) in [7, 11) is 1.60. The molecule has 5 aromatic rings. The van der Waals surface area contributed by atoms with Crippen LogP contribution in [0.15, 0.2) is 60.8 Å². The third-order valence-corrected chi connectivity index (χ3v) is 7.52. The van der Waals surface area contributed by atoms with Crippen LogP contribution in [0.5, 0.6) is 5.75 Å². The fourth-order valence-corrected chi connectivity index (χ4v) is 5.50. The van der Waals surface area contributed by atoms with Crippen molar-refractivity contribution in [1.82, 2.24) is 18.9 Å². The number of carbonyl (C=O) groups excluding carboxylic acids is 1. The van der Waals surface area contributed by atoms with Crippen LogP contribution in [-0.2, 0) is 6.54 Å². The van der Waals surface area contributed by atoms with Crippen LogP contribution in [0.4, 0.5) is 8.78 Å². The van der Waals surface area contributed by atoms with Crippen LogP contribution in [0, 0.1) is 18.6 Å². The second-order valence-corrected chi connectivity index (χ2v) is 10.1. The molecule has 1 fully saturated rings. The van der Waals surface area contributed by atoms with Crippen molar-refractivity contribution in [2.45, 2.75) is 32.4 Å². The third-order valence-electron chi connectivity index (χ3n) is 7.52. The lowest BCUT2D eigenvalue weighted by Crippen LogP contribution is -2.45. The van der Waals surface area contributed by atoms with Gasteiger partial charge in [0.25, 0.3) is 5.91 Å². The van der Waals surface area contributed by atoms with Crippen molar-refractivity contribution in [3.05, 3.63) is 89.2 Å². The van der Waals surface area contributed by atoms with Gasteiger partial charge in [-0.25, -0.2) is 13.8 Å². The van der Waals surface area contributed by atoms with E-state index in [1.165, 1.54) is 12.1 Å². The normalized spacial score (nSPS) is 15.8. The number of methoxy groups -OCH3 is 1. The summed E-state index contributed by atoms with van der Waals surface area (Å²) in [6, 6.07) is 15.5. The smallest absolute Gasteiger partial charge is 0.254 e. The van der Waals surface area contributed by atoms with Crippen LogP contribution in [-0.4, -0.2) is 51.0 Å². The number of imidazole rings is 1. The Hall–Kier alpha value is -4.24. The van der Waals surface area contributed by atoms with Crippen molar-refractivity contribution in [2.24, 2.45) is 5.73 Å². The van der Waals surface area contributed by atoms with Crippen molar-refractivity contribution < 1.29 is 18.3 Å². The minimum absolute atomic E-state index is 0.00659. The van der Waals surface area contributed by atoms with Crippen LogP contribution < -0.4 is 10.5 Å². The molecule has 4 heterocycles. The zero-order chi connectivity index (χ0) is 27.3. The molecule has 1 atom stereocenters. The average molecular weight is 530 g/mol. The number of nitrogens with two attached hydrogens (primary N) is 1. The first kappa shape index (κ1) is 25.1. The summed E-state index contributed by atoms with van der Waals surface area (Å²) in [6.07, 6.45) is 3.65. The van der Waals surface area contributed by atoms with Crippen LogP contribution >= 0.6 is 0 Å². The number of amides is 1. The number of likely N-dealkylation sites (tertiary alicyclic amines) is 1. The largest absolute Gasteiger partial charge is 0.497 e. The van der Waals surface area contributed by atoms with E-state index in [2.05, 4.69) is 0 Å². The fraction of sp³-hybridized carbons (Fsp3) is 0.267. The van der Waals surface area contributed by atoms with Crippen molar-refractivity contribution in [1.29, 1.82) is 0 Å². The number of aromatic nitrogens is 3. The zero-order valence-corrected chi connectivity index (χ0v) is 21.8. The van der Waals surface area contributed by atoms with Gasteiger partial charge >= 0.3 is 0 Å². The van der Waals surface area contributed by atoms with E-state index in [9.17, 15) is 13.6 Å². The summed E-state index contributed by atoms with van der Waals surface area (Å²) in [5, 5.41) is 0.570. The Bertz CT molecular complexity index is 1720. The van der Waals surface area contributed by atoms with E-state index < -0.39 is 11.6 Å². The molecular formula is C30H29F2N5O2. The number of pyridine rings is 1. The predicted octanol–water partition coefficient (Wildman–Crippen LogP) is 5.16. The van der Waals surface area contributed by atoms with Crippen molar-refractivity contribution in [3.8, 4) is 17.1 Å². The SMILES string of the molecule is COc1cccc(Cn2c(-c3nc4cc(C(=O)N5CCCC(N)C5)ccn4c3C)cc3cc(F)c(F)cc32)c1. The molecule has 3 aromatic heterocycles. The highest BCUT2D eigenvalue weighted by Gasteiger charge is 2.24. The Morgan fingerprint density at radius 1 is 1.13 bits per heavy atom. The number of hydrogen-bond acceptors (Lipinski definition) is 4. The number of ether oxygens (including phenoxy) is 1. The number of halogens is 2. The molecule has 0 bridgehead atoms. The van der Waals surface area contributed by atoms with Gasteiger partial charge < -0.3 is 24.3 Å². The fourth-order valence-electron chi connectivity index (χ4n) is 5.50. The van der Waals surface area contributed by atoms with Crippen molar-refractivity contribution >= 4 is 22.5 Å². The van der Waals surface area contributed by atoms with Gasteiger partial charge in [-0.3, -0.25) is 4.79 Å². The van der Waals surface area contributed by atoms with Gasteiger partial charge in [0, 0.05) is 54.6 Å². The maximum Gasteiger partial charge on any atom is 0.254 e. The average Bonchev–Trinajstić information content (AvgIpc) is 3.44. The number of aryl methyl sites for hydroxylation is 1. The molecule has 7 nitrogen and oxygen atoms in total. The van der Waals surface area contributed by atoms with E-state index in [-0.39, 0.29) is 11.9 Å². The number of carbonyl (C=O) groups is 1. The molecular weight excluding hydrogens is 500 g/mol. The van der Waals surface area contributed by atoms with E-state index in [0.29, 0.717) is 58.9 Å². The number of rotatable bonds is 5. The first-order chi connectivity index (χ1) is 18.8. The van der Waals surface area contributed by atoms with Crippen molar-refractivity contribution in [3.63, 3.8) is 0 Å². The van der Waals surface area contributed by atoms with Gasteiger partial charge in [0.1, 0.15) is 17.1 Å². The molecule has 2 N–H and O–H groups in total. The summed E-state index contributed by atoms with van der Waals surface area (Å²) >= 11 is 0. The van der Waals surface area contributed by atoms with Gasteiger partial charge in [-0.1, -0.05) is 12.1 Å². The lowest BCUT2D eigenvalue weighted by atomic mass is 10.1. The van der Waals surface area contributed by atoms with E-state index in [4.69, 9.17) is 15.5 Å². The summed E-state index contributed by atoms with van der Waals surface area (Å²) in [5.74, 6) is -1.17. The van der Waals surface area contributed by atoms with Crippen molar-refractivity contribution in [2.75, 3.05) is 20.2 Å². The zero-order valence-electron chi connectivity index (χ0n) is 21.8. The molecule has 0 spiro atoms. The minimum atomic E-state index is -0.911. The predicted molar refractivity (Wildman–Crippen MR) is 146 cm³/mol. The first-order valence-electron chi connectivity index (χ1n) is 13.0. The monoisotopic (exact) mass is 529 g/mol. The van der Waals surface area contributed by atoms with Gasteiger partial charge in [-0.2, -0.15) is 0 Å². The first-order valence-corrected chi connectivity index (χ1v) is 13.0. The van der Waals surface area contributed by atoms with Crippen LogP contribution in [0.25, 0.3) is 27.9 Å². The molecule has 0 saturated carbocycles. The summed E-state index contributed by atoms with van der Waals surface area (Å²) in [6.45, 7) is 3.57. The Morgan fingerprint density at radius 2 is 1.95 bits per heavy atom. The molecule has 1 aliphatic heterocycles. The second-order valence-electron chi connectivity index (χ2n) is 10.1. The topological polar surface area (TPSA) is 77.8 Å². The molecule has 1 saturated heterocycles. The van der Waals surface area contributed by atoms with Gasteiger partial charge in [0.2, 0.25) is 0 Å². The number of benzene rings is 2. The molecule has 9 heteroatoms.